The molecule has 3 atom stereocenters. The third-order valence-corrected chi connectivity index (χ3v) is 46.4. The molecule has 0 bridgehead atoms. The van der Waals surface area contributed by atoms with Crippen LogP contribution in [0.25, 0.3) is 0 Å². The Balaban J connectivity index is -0.000000199. The molecule has 1 aromatic heterocycles. The summed E-state index contributed by atoms with van der Waals surface area (Å²) in [4.78, 5) is 4.48. The van der Waals surface area contributed by atoms with Crippen LogP contribution in [0.15, 0.2) is 120 Å². The van der Waals surface area contributed by atoms with Crippen LogP contribution in [0.1, 0.15) is 123 Å². The van der Waals surface area contributed by atoms with E-state index in [-0.39, 0.29) is 74.3 Å². The Kier molecular flexibility index (Phi) is 63.0. The van der Waals surface area contributed by atoms with Gasteiger partial charge in [0.1, 0.15) is 6.54 Å². The summed E-state index contributed by atoms with van der Waals surface area (Å²) in [5, 5.41) is 13.9. The van der Waals surface area contributed by atoms with Crippen LogP contribution < -0.4 is 14.6 Å². The fourth-order valence-corrected chi connectivity index (χ4v) is 53.1. The molecule has 0 radical (unpaired) electrons. The summed E-state index contributed by atoms with van der Waals surface area (Å²) in [6, 6.07) is 36.3. The highest BCUT2D eigenvalue weighted by Gasteiger charge is 2.49. The van der Waals surface area contributed by atoms with E-state index in [9.17, 15) is 0 Å². The Morgan fingerprint density at radius 1 is 0.392 bits per heavy atom. The van der Waals surface area contributed by atoms with E-state index in [4.69, 9.17) is 28.8 Å². The van der Waals surface area contributed by atoms with Gasteiger partial charge in [0.25, 0.3) is 0 Å². The van der Waals surface area contributed by atoms with Gasteiger partial charge in [0, 0.05) is 50.0 Å². The predicted octanol–water partition coefficient (Wildman–Crippen LogP) is 23.1. The topological polar surface area (TPSA) is 106 Å². The molecule has 0 saturated carbocycles. The lowest BCUT2D eigenvalue weighted by Crippen LogP contribution is -2.60. The van der Waals surface area contributed by atoms with Crippen LogP contribution in [0.3, 0.4) is 0 Å². The van der Waals surface area contributed by atoms with Crippen molar-refractivity contribution in [2.24, 2.45) is 10.2 Å². The number of nitrogens with zero attached hydrogens (tertiary/aromatic N) is 8. The standard InChI is InChI=1S/C37H73N4O4Si5.C16H19BrN3.C14H39NO3Si4.10CH4/c1-39(2)29-20-32-49(14,43-47(9,10)11)45-50(15,44-48(12,13)42-46(6,7)8)33-21-31-41(4,5)30-19-22-35-25-27-36(28-26-35)34-38-40(3)37-23-17-16-18-24-37;1-19(16-6-3-2-4-7-16)18-14-15-8-12-20(13-9-15)11-5-10-17;1-15(2)13-12-14-22(11,17-20(6,7)8)18-21(9,10)16-19(3,4)5;;;;;;;;;;/h16-18,23-28,34H,19-22,29-33H2,1-15H3;2-4,6-9,12-14H,5,10-11H2,1H3;12-14H2,1-11H3;10*1H4/q2*+1;;;;;;;;;;;/b38-34+;;;;;;;;;;;;. The van der Waals surface area contributed by atoms with Crippen LogP contribution >= 0.6 is 15.9 Å². The van der Waals surface area contributed by atoms with Crippen molar-refractivity contribution < 1.29 is 37.9 Å². The quantitative estimate of drug-likeness (QED) is 0.0106. The van der Waals surface area contributed by atoms with E-state index < -0.39 is 76.1 Å². The predicted molar refractivity (Wildman–Crippen MR) is 490 cm³/mol. The fraction of sp³-hybridized carbons (Fsp3) is 0.675. The van der Waals surface area contributed by atoms with Gasteiger partial charge in [0.2, 0.25) is 0 Å². The Hall–Kier alpha value is -2.22. The van der Waals surface area contributed by atoms with Gasteiger partial charge in [-0.25, -0.2) is 4.57 Å². The molecule has 0 aliphatic carbocycles. The van der Waals surface area contributed by atoms with Gasteiger partial charge in [-0.1, -0.05) is 151 Å². The molecule has 0 N–H and O–H groups in total. The Morgan fingerprint density at radius 2 is 0.716 bits per heavy atom. The molecule has 1 heterocycles. The van der Waals surface area contributed by atoms with E-state index in [1.165, 1.54) is 5.56 Å². The highest BCUT2D eigenvalue weighted by molar-refractivity contribution is 9.09. The van der Waals surface area contributed by atoms with E-state index in [0.717, 1.165) is 122 Å². The van der Waals surface area contributed by atoms with Crippen molar-refractivity contribution in [3.63, 3.8) is 0 Å². The number of quaternary nitrogens is 1. The minimum absolute atomic E-state index is 0. The van der Waals surface area contributed by atoms with Gasteiger partial charge in [-0.05, 0) is 245 Å². The Labute approximate surface area is 654 Å². The SMILES string of the molecule is C.C.C.C.C.C.C.C.C.C.CN(/N=C/c1cc[n+](CCCBr)cc1)c1ccccc1.CN(C)CCC[Si](C)(O[Si](C)(C)C)O[Si](C)(C)O[Si](C)(C)C.CN(C)CCC[Si](C)(O[Si](C)(C)C)O[Si](C)(CCC[N+](C)(C)CCCc1ccc(/C=N/N(C)c2ccccc2)cc1)O[Si](C)(C)O[Si](C)(C)C. The molecule has 15 nitrogen and oxygen atoms in total. The molecule has 4 rings (SSSR count). The lowest BCUT2D eigenvalue weighted by Gasteiger charge is -2.44. The first-order chi connectivity index (χ1) is 42.2. The normalized spacial score (nSPS) is 13.5. The molecule has 0 amide bonds. The van der Waals surface area contributed by atoms with E-state index in [1.807, 2.05) is 85.1 Å². The van der Waals surface area contributed by atoms with Crippen LogP contribution in [0.5, 0.6) is 0 Å². The Bertz CT molecular complexity index is 2730. The maximum Gasteiger partial charge on any atom is 0.317 e. The summed E-state index contributed by atoms with van der Waals surface area (Å²) in [6.45, 7) is 48.1. The molecule has 3 aromatic carbocycles. The average molecular weight is 1650 g/mol. The molecule has 602 valence electrons. The third-order valence-electron chi connectivity index (χ3n) is 14.1. The Morgan fingerprint density at radius 3 is 1.06 bits per heavy atom. The number of benzene rings is 3. The molecule has 0 spiro atoms. The number of aromatic nitrogens is 1. The van der Waals surface area contributed by atoms with Crippen molar-refractivity contribution in [1.82, 2.24) is 9.80 Å². The number of rotatable bonds is 39. The molecular formula is C77H171BrN8O7Si9+2. The van der Waals surface area contributed by atoms with Crippen molar-refractivity contribution >= 4 is 116 Å². The molecule has 3 unspecified atom stereocenters. The summed E-state index contributed by atoms with van der Waals surface area (Å²) >= 11 is 3.44. The minimum Gasteiger partial charge on any atom is -0.437 e. The second-order valence-electron chi connectivity index (χ2n) is 31.1. The number of pyridine rings is 1. The number of hydrazone groups is 2. The zero-order chi connectivity index (χ0) is 69.9. The largest absolute Gasteiger partial charge is 0.437 e. The summed E-state index contributed by atoms with van der Waals surface area (Å²) in [5.41, 5.74) is 5.73. The zero-order valence-corrected chi connectivity index (χ0v) is 73.6. The fourth-order valence-electron chi connectivity index (χ4n) is 11.2. The van der Waals surface area contributed by atoms with Crippen LogP contribution in [0.4, 0.5) is 11.4 Å². The first kappa shape index (κ1) is 118. The van der Waals surface area contributed by atoms with Gasteiger partial charge in [0.05, 0.1) is 51.0 Å². The molecular weight excluding hydrogens is 1480 g/mol. The van der Waals surface area contributed by atoms with Gasteiger partial charge < -0.3 is 43.1 Å². The first-order valence-electron chi connectivity index (χ1n) is 33.5. The van der Waals surface area contributed by atoms with Crippen molar-refractivity contribution in [1.29, 1.82) is 0 Å². The van der Waals surface area contributed by atoms with E-state index >= 15 is 0 Å². The number of hydrogen-bond donors (Lipinski definition) is 0. The lowest BCUT2D eigenvalue weighted by atomic mass is 10.1. The second-order valence-corrected chi connectivity index (χ2v) is 68.4. The van der Waals surface area contributed by atoms with Crippen LogP contribution in [-0.2, 0) is 41.8 Å². The number of anilines is 2. The second kappa shape index (κ2) is 54.4. The highest BCUT2D eigenvalue weighted by Crippen LogP contribution is 2.33. The van der Waals surface area contributed by atoms with Gasteiger partial charge in [-0.2, -0.15) is 10.2 Å². The molecule has 0 saturated heterocycles. The molecule has 0 aliphatic heterocycles. The van der Waals surface area contributed by atoms with E-state index in [2.05, 4.69) is 268 Å². The maximum absolute atomic E-state index is 7.35. The van der Waals surface area contributed by atoms with Gasteiger partial charge in [0.15, 0.2) is 45.7 Å². The smallest absolute Gasteiger partial charge is 0.317 e. The van der Waals surface area contributed by atoms with Gasteiger partial charge >= 0.3 is 42.8 Å². The maximum atomic E-state index is 7.35. The van der Waals surface area contributed by atoms with E-state index in [0.29, 0.717) is 0 Å². The third kappa shape index (κ3) is 57.0. The van der Waals surface area contributed by atoms with Crippen molar-refractivity contribution in [3.05, 3.63) is 126 Å². The zero-order valence-electron chi connectivity index (χ0n) is 63.0. The summed E-state index contributed by atoms with van der Waals surface area (Å²) < 4.78 is 51.0. The number of aryl methyl sites for hydroxylation is 2. The van der Waals surface area contributed by atoms with Crippen molar-refractivity contribution in [2.75, 3.05) is 97.9 Å². The van der Waals surface area contributed by atoms with Crippen LogP contribution in [-0.4, -0.2) is 191 Å². The lowest BCUT2D eigenvalue weighted by molar-refractivity contribution is -0.890. The van der Waals surface area contributed by atoms with Crippen molar-refractivity contribution in [3.8, 4) is 0 Å². The molecule has 0 aliphatic rings. The van der Waals surface area contributed by atoms with Crippen molar-refractivity contribution in [2.45, 2.75) is 262 Å². The van der Waals surface area contributed by atoms with Crippen LogP contribution in [0.2, 0.25) is 143 Å². The van der Waals surface area contributed by atoms with Gasteiger partial charge in [-0.3, -0.25) is 10.0 Å². The number of alkyl halides is 1. The molecule has 102 heavy (non-hydrogen) atoms. The van der Waals surface area contributed by atoms with Gasteiger partial charge in [-0.15, -0.1) is 0 Å². The highest BCUT2D eigenvalue weighted by atomic mass is 79.9. The summed E-state index contributed by atoms with van der Waals surface area (Å²) in [7, 11) is -1.54. The first-order valence-corrected chi connectivity index (χ1v) is 61.5. The summed E-state index contributed by atoms with van der Waals surface area (Å²) in [6.07, 6.45) is 14.6. The minimum atomic E-state index is -2.64. The molecule has 0 fully saturated rings. The molecule has 25 heteroatoms. The monoisotopic (exact) mass is 1650 g/mol. The number of hydrogen-bond acceptors (Lipinski definition) is 13. The van der Waals surface area contributed by atoms with Crippen LogP contribution in [0, 0.1) is 0 Å². The molecule has 4 aromatic rings. The van der Waals surface area contributed by atoms with E-state index in [1.54, 1.807) is 0 Å². The summed E-state index contributed by atoms with van der Waals surface area (Å²) in [5.74, 6) is 0. The number of para-hydroxylation sites is 2. The average Bonchev–Trinajstić information content (AvgIpc) is 0.807. The number of halogens is 1.